The molecule has 0 spiro atoms. The van der Waals surface area contributed by atoms with Gasteiger partial charge >= 0.3 is 0 Å². The minimum Gasteiger partial charge on any atom is -0.384 e. The summed E-state index contributed by atoms with van der Waals surface area (Å²) in [5.41, 5.74) is 20.6. The van der Waals surface area contributed by atoms with Gasteiger partial charge in [-0.05, 0) is 214 Å². The molecule has 538 valence electrons. The molecule has 0 aromatic carbocycles. The van der Waals surface area contributed by atoms with E-state index in [2.05, 4.69) is 223 Å². The van der Waals surface area contributed by atoms with Crippen molar-refractivity contribution in [3.05, 3.63) is 226 Å². The Morgan fingerprint density at radius 3 is 1.29 bits per heavy atom. The third-order valence-electron chi connectivity index (χ3n) is 13.2. The quantitative estimate of drug-likeness (QED) is 0.123. The lowest BCUT2D eigenvalue weighted by Crippen LogP contribution is -2.11. The zero-order valence-electron chi connectivity index (χ0n) is 63.8. The van der Waals surface area contributed by atoms with Gasteiger partial charge in [0, 0.05) is 65.1 Å². The molecule has 0 amide bonds. The van der Waals surface area contributed by atoms with Gasteiger partial charge in [-0.2, -0.15) is 10.5 Å². The molecule has 11 nitrogen and oxygen atoms in total. The fourth-order valence-electron chi connectivity index (χ4n) is 9.36. The van der Waals surface area contributed by atoms with E-state index in [4.69, 9.17) is 74.3 Å². The van der Waals surface area contributed by atoms with E-state index in [0.29, 0.717) is 59.3 Å². The van der Waals surface area contributed by atoms with Crippen LogP contribution in [0.1, 0.15) is 218 Å². The number of aryl methyl sites for hydroxylation is 4. The minimum atomic E-state index is -0.386. The summed E-state index contributed by atoms with van der Waals surface area (Å²) in [6.07, 6.45) is 17.3. The van der Waals surface area contributed by atoms with Gasteiger partial charge in [0.2, 0.25) is 0 Å². The number of pyridine rings is 8. The van der Waals surface area contributed by atoms with Gasteiger partial charge in [-0.1, -0.05) is 203 Å². The molecule has 99 heavy (non-hydrogen) atoms. The number of nitrogens with zero attached hydrogens (tertiary/aromatic N) is 10. The predicted octanol–water partition coefficient (Wildman–Crippen LogP) is 23.8. The van der Waals surface area contributed by atoms with Gasteiger partial charge in [-0.25, -0.2) is 9.37 Å². The lowest BCUT2D eigenvalue weighted by atomic mass is 9.89. The van der Waals surface area contributed by atoms with E-state index in [9.17, 15) is 4.39 Å². The number of nitrogens with two attached hydrogens (primary N) is 1. The Labute approximate surface area is 621 Å². The summed E-state index contributed by atoms with van der Waals surface area (Å²) in [4.78, 5) is 33.5. The van der Waals surface area contributed by atoms with E-state index in [1.807, 2.05) is 62.5 Å². The average Bonchev–Trinajstić information content (AvgIpc) is 0.893. The standard InChI is InChI=1S/C12H16N2.C11H17N.C10H13Cl2N.C10H13ClFN.C10H11ClN2.C10H14ClN.C10H15N.C9H14N2/c1-9-5-10(7-13)8-14-11(9)6-12(2,3)4;1-8(2)5-11-6-9(3)12-10(4)7-11;1-10(2,3)5-9-8(12)4-7(11)6-13-9;1-10(2,3)5-9-8(11)4-7(12)6-13-9;1-7(2)3-10-9(11)4-8(5-12)6-13-10;1-10(2,3)6-9-5-4-8(11)7-12-9;1-8(2)6-10-4-5-11-9(3)7-10;1-7(2)6-8-4-3-5-9(10)11-8/h5,8H,6H2,1-4H3;6-8H,5H2,1-4H3;2*4,6H,5H2,1-3H3;4,6-7H,3H2,1-2H3;4-5,7H,6H2,1-3H3;4-5,7-8H,6H2,1-3H3;3-5,7H,6H2,1-2H3,(H2,10,11). The van der Waals surface area contributed by atoms with Gasteiger partial charge in [0.1, 0.15) is 23.8 Å². The van der Waals surface area contributed by atoms with Crippen molar-refractivity contribution in [2.75, 3.05) is 5.73 Å². The summed E-state index contributed by atoms with van der Waals surface area (Å²) in [7, 11) is 0. The molecule has 0 saturated carbocycles. The second kappa shape index (κ2) is 44.6. The summed E-state index contributed by atoms with van der Waals surface area (Å²) in [5.74, 6) is 2.86. The first-order valence-corrected chi connectivity index (χ1v) is 35.8. The molecular weight excluding hydrogens is 1340 g/mol. The van der Waals surface area contributed by atoms with Crippen LogP contribution in [-0.2, 0) is 51.4 Å². The maximum atomic E-state index is 12.6. The Kier molecular flexibility index (Phi) is 40.7. The topological polar surface area (TPSA) is 177 Å². The highest BCUT2D eigenvalue weighted by Gasteiger charge is 2.18. The normalized spacial score (nSPS) is 11.0. The van der Waals surface area contributed by atoms with Crippen molar-refractivity contribution in [2.24, 2.45) is 45.3 Å². The number of rotatable bonds is 12. The van der Waals surface area contributed by atoms with Crippen LogP contribution in [0.4, 0.5) is 10.2 Å². The second-order valence-corrected chi connectivity index (χ2v) is 33.5. The first kappa shape index (κ1) is 90.4. The molecule has 0 atom stereocenters. The van der Waals surface area contributed by atoms with Crippen LogP contribution in [0.15, 0.2) is 116 Å². The highest BCUT2D eigenvalue weighted by Crippen LogP contribution is 2.28. The molecule has 0 unspecified atom stereocenters. The second-order valence-electron chi connectivity index (χ2n) is 31.5. The summed E-state index contributed by atoms with van der Waals surface area (Å²) < 4.78 is 12.6. The van der Waals surface area contributed by atoms with E-state index >= 15 is 0 Å². The fourth-order valence-corrected chi connectivity index (χ4v) is 10.4. The molecule has 2 N–H and O–H groups in total. The third-order valence-corrected chi connectivity index (χ3v) is 14.6. The number of anilines is 1. The molecule has 8 rings (SSSR count). The number of nitrogen functional groups attached to an aromatic ring is 1. The van der Waals surface area contributed by atoms with Gasteiger partial charge in [-0.15, -0.1) is 0 Å². The van der Waals surface area contributed by atoms with Crippen molar-refractivity contribution in [3.63, 3.8) is 0 Å². The Morgan fingerprint density at radius 2 is 0.859 bits per heavy atom. The summed E-state index contributed by atoms with van der Waals surface area (Å²) in [6, 6.07) is 28.9. The zero-order chi connectivity index (χ0) is 75.6. The minimum absolute atomic E-state index is 0.120. The number of nitriles is 2. The van der Waals surface area contributed by atoms with E-state index in [1.54, 1.807) is 36.9 Å². The monoisotopic (exact) mass is 1450 g/mol. The van der Waals surface area contributed by atoms with E-state index in [-0.39, 0.29) is 22.1 Å². The van der Waals surface area contributed by atoms with Gasteiger partial charge in [0.05, 0.1) is 59.5 Å². The smallest absolute Gasteiger partial charge is 0.142 e. The number of hydrogen-bond donors (Lipinski definition) is 1. The van der Waals surface area contributed by atoms with Gasteiger partial charge < -0.3 is 5.73 Å². The molecule has 0 saturated heterocycles. The van der Waals surface area contributed by atoms with Crippen molar-refractivity contribution in [2.45, 2.75) is 218 Å². The first-order chi connectivity index (χ1) is 45.7. The molecule has 8 aromatic heterocycles. The van der Waals surface area contributed by atoms with E-state index in [1.165, 1.54) is 23.4 Å². The van der Waals surface area contributed by atoms with Crippen molar-refractivity contribution in [3.8, 4) is 12.1 Å². The average molecular weight is 1450 g/mol. The zero-order valence-corrected chi connectivity index (χ0v) is 67.5. The highest BCUT2D eigenvalue weighted by molar-refractivity contribution is 6.34. The molecule has 0 aliphatic carbocycles. The van der Waals surface area contributed by atoms with Crippen molar-refractivity contribution < 1.29 is 4.39 Å². The first-order valence-electron chi connectivity index (χ1n) is 33.9. The molecule has 0 radical (unpaired) electrons. The van der Waals surface area contributed by atoms with Crippen molar-refractivity contribution >= 4 is 63.8 Å². The van der Waals surface area contributed by atoms with Gasteiger partial charge in [-0.3, -0.25) is 34.9 Å². The van der Waals surface area contributed by atoms with Crippen LogP contribution in [0.5, 0.6) is 0 Å². The van der Waals surface area contributed by atoms with E-state index in [0.717, 1.165) is 120 Å². The summed E-state index contributed by atoms with van der Waals surface area (Å²) >= 11 is 29.2. The predicted molar refractivity (Wildman–Crippen MR) is 418 cm³/mol. The number of halogens is 6. The fraction of sp³-hybridized carbons (Fsp3) is 0.488. The number of hydrogen-bond acceptors (Lipinski definition) is 11. The molecule has 17 heteroatoms. The van der Waals surface area contributed by atoms with Crippen LogP contribution in [0, 0.1) is 102 Å². The van der Waals surface area contributed by atoms with Crippen LogP contribution in [0.25, 0.3) is 0 Å². The molecule has 0 aliphatic heterocycles. The largest absolute Gasteiger partial charge is 0.384 e. The number of aromatic nitrogens is 8. The molecule has 8 aromatic rings. The lowest BCUT2D eigenvalue weighted by molar-refractivity contribution is 0.405. The molecule has 0 bridgehead atoms. The Bertz CT molecular complexity index is 3620. The van der Waals surface area contributed by atoms with Gasteiger partial charge in [0.25, 0.3) is 0 Å². The van der Waals surface area contributed by atoms with Gasteiger partial charge in [0.15, 0.2) is 0 Å². The Balaban J connectivity index is 0.000000566. The van der Waals surface area contributed by atoms with Crippen LogP contribution >= 0.6 is 58.0 Å². The van der Waals surface area contributed by atoms with Crippen LogP contribution < -0.4 is 5.73 Å². The lowest BCUT2D eigenvalue weighted by Gasteiger charge is -2.18. The van der Waals surface area contributed by atoms with Crippen LogP contribution in [0.3, 0.4) is 0 Å². The SMILES string of the molecule is CC(C)(C)Cc1ccc(Cl)cn1.CC(C)(C)Cc1ncc(Cl)cc1Cl.CC(C)(C)Cc1ncc(F)cc1Cl.CC(C)Cc1cccc(N)n1.CC(C)Cc1ncc(C#N)cc1Cl.Cc1cc(C#N)cnc1CC(C)(C)C.Cc1cc(CC(C)C)cc(C)n1.Cc1cc(CC(C)C)ccn1. The summed E-state index contributed by atoms with van der Waals surface area (Å²) in [6.45, 7) is 51.5. The van der Waals surface area contributed by atoms with Crippen LogP contribution in [0.2, 0.25) is 25.1 Å². The molecule has 0 aliphatic rings. The Morgan fingerprint density at radius 1 is 0.414 bits per heavy atom. The molecular formula is C82H113Cl5FN11. The maximum Gasteiger partial charge on any atom is 0.142 e. The van der Waals surface area contributed by atoms with Crippen molar-refractivity contribution in [1.82, 2.24) is 39.9 Å². The Hall–Kier alpha value is -6.64. The third kappa shape index (κ3) is 45.0. The molecule has 0 fully saturated rings. The highest BCUT2D eigenvalue weighted by atomic mass is 35.5. The van der Waals surface area contributed by atoms with E-state index < -0.39 is 0 Å². The van der Waals surface area contributed by atoms with Crippen LogP contribution in [-0.4, -0.2) is 39.9 Å². The van der Waals surface area contributed by atoms with Crippen molar-refractivity contribution in [1.29, 1.82) is 10.5 Å². The maximum absolute atomic E-state index is 12.6. The molecule has 8 heterocycles. The summed E-state index contributed by atoms with van der Waals surface area (Å²) in [5, 5.41) is 20.2.